The zero-order chi connectivity index (χ0) is 16.7. The monoisotopic (exact) mass is 352 g/mol. The summed E-state index contributed by atoms with van der Waals surface area (Å²) >= 11 is 3.61. The van der Waals surface area contributed by atoms with E-state index in [4.69, 9.17) is 4.98 Å². The van der Waals surface area contributed by atoms with Crippen LogP contribution in [-0.4, -0.2) is 12.0 Å². The highest BCUT2D eigenvalue weighted by atomic mass is 32.2. The maximum absolute atomic E-state index is 4.83. The van der Waals surface area contributed by atoms with Crippen LogP contribution in [0.2, 0.25) is 0 Å². The Labute approximate surface area is 151 Å². The quantitative estimate of drug-likeness (QED) is 0.555. The lowest BCUT2D eigenvalue weighted by Crippen LogP contribution is -2.14. The topological polar surface area (TPSA) is 16.1 Å². The standard InChI is InChI=1S/C20H20N2S2/c1-13(2)10-20-21-15(12-23-20)14-8-9-19-17(11-14)22(3)16-6-4-5-7-18(16)24-19/h4-9,11-13H,10H2,1-3H3. The minimum atomic E-state index is 0.645. The van der Waals surface area contributed by atoms with Crippen LogP contribution in [0.4, 0.5) is 11.4 Å². The van der Waals surface area contributed by atoms with Gasteiger partial charge < -0.3 is 4.90 Å². The van der Waals surface area contributed by atoms with E-state index in [1.807, 2.05) is 11.8 Å². The second kappa shape index (κ2) is 6.26. The van der Waals surface area contributed by atoms with Crippen LogP contribution in [0.25, 0.3) is 11.3 Å². The molecule has 24 heavy (non-hydrogen) atoms. The van der Waals surface area contributed by atoms with Crippen molar-refractivity contribution in [3.05, 3.63) is 52.9 Å². The van der Waals surface area contributed by atoms with E-state index >= 15 is 0 Å². The second-order valence-electron chi connectivity index (χ2n) is 6.54. The molecule has 1 aliphatic heterocycles. The highest BCUT2D eigenvalue weighted by molar-refractivity contribution is 7.99. The molecule has 2 heterocycles. The molecule has 0 radical (unpaired) electrons. The zero-order valence-corrected chi connectivity index (χ0v) is 15.7. The predicted molar refractivity (Wildman–Crippen MR) is 105 cm³/mol. The number of hydrogen-bond acceptors (Lipinski definition) is 4. The molecule has 0 spiro atoms. The summed E-state index contributed by atoms with van der Waals surface area (Å²) in [6.45, 7) is 4.48. The van der Waals surface area contributed by atoms with E-state index in [1.54, 1.807) is 11.3 Å². The van der Waals surface area contributed by atoms with Gasteiger partial charge in [-0.3, -0.25) is 0 Å². The van der Waals surface area contributed by atoms with Crippen LogP contribution in [0.1, 0.15) is 18.9 Å². The normalized spacial score (nSPS) is 13.1. The van der Waals surface area contributed by atoms with Crippen molar-refractivity contribution in [3.63, 3.8) is 0 Å². The number of para-hydroxylation sites is 1. The van der Waals surface area contributed by atoms with E-state index < -0.39 is 0 Å². The Morgan fingerprint density at radius 2 is 1.83 bits per heavy atom. The summed E-state index contributed by atoms with van der Waals surface area (Å²) in [7, 11) is 2.15. The molecule has 4 rings (SSSR count). The van der Waals surface area contributed by atoms with Gasteiger partial charge in [0.15, 0.2) is 0 Å². The van der Waals surface area contributed by atoms with Crippen molar-refractivity contribution in [1.82, 2.24) is 4.98 Å². The van der Waals surface area contributed by atoms with E-state index in [0.29, 0.717) is 5.92 Å². The molecule has 0 unspecified atom stereocenters. The molecular weight excluding hydrogens is 332 g/mol. The number of rotatable bonds is 3. The van der Waals surface area contributed by atoms with Gasteiger partial charge in [0, 0.05) is 34.2 Å². The van der Waals surface area contributed by atoms with Crippen molar-refractivity contribution in [2.75, 3.05) is 11.9 Å². The number of anilines is 2. The largest absolute Gasteiger partial charge is 0.343 e. The van der Waals surface area contributed by atoms with Crippen LogP contribution in [0, 0.1) is 5.92 Å². The number of fused-ring (bicyclic) bond motifs is 2. The average Bonchev–Trinajstić information content (AvgIpc) is 3.02. The van der Waals surface area contributed by atoms with Gasteiger partial charge in [-0.25, -0.2) is 4.98 Å². The third-order valence-electron chi connectivity index (χ3n) is 4.20. The Balaban J connectivity index is 1.70. The Bertz CT molecular complexity index is 883. The third kappa shape index (κ3) is 2.85. The number of aromatic nitrogens is 1. The van der Waals surface area contributed by atoms with Gasteiger partial charge in [-0.2, -0.15) is 0 Å². The first-order chi connectivity index (χ1) is 11.6. The van der Waals surface area contributed by atoms with Crippen LogP contribution in [-0.2, 0) is 6.42 Å². The van der Waals surface area contributed by atoms with E-state index in [0.717, 1.165) is 12.1 Å². The fraction of sp³-hybridized carbons (Fsp3) is 0.250. The molecule has 4 heteroatoms. The Morgan fingerprint density at radius 3 is 2.67 bits per heavy atom. The average molecular weight is 353 g/mol. The van der Waals surface area contributed by atoms with Gasteiger partial charge in [0.05, 0.1) is 22.1 Å². The first kappa shape index (κ1) is 15.7. The van der Waals surface area contributed by atoms with Crippen LogP contribution in [0.15, 0.2) is 57.6 Å². The summed E-state index contributed by atoms with van der Waals surface area (Å²) in [4.78, 5) is 9.73. The maximum atomic E-state index is 4.83. The summed E-state index contributed by atoms with van der Waals surface area (Å²) in [6, 6.07) is 15.3. The van der Waals surface area contributed by atoms with Crippen LogP contribution >= 0.6 is 23.1 Å². The minimum absolute atomic E-state index is 0.645. The molecule has 0 atom stereocenters. The zero-order valence-electron chi connectivity index (χ0n) is 14.1. The molecule has 3 aromatic rings. The van der Waals surface area contributed by atoms with E-state index in [9.17, 15) is 0 Å². The SMILES string of the molecule is CC(C)Cc1nc(-c2ccc3c(c2)N(C)c2ccccc2S3)cs1. The van der Waals surface area contributed by atoms with Crippen molar-refractivity contribution >= 4 is 34.5 Å². The molecule has 0 bridgehead atoms. The van der Waals surface area contributed by atoms with E-state index in [1.165, 1.54) is 31.7 Å². The molecule has 0 amide bonds. The van der Waals surface area contributed by atoms with Gasteiger partial charge in [-0.1, -0.05) is 43.8 Å². The van der Waals surface area contributed by atoms with Crippen LogP contribution in [0.3, 0.4) is 0 Å². The molecule has 1 aromatic heterocycles. The molecule has 0 fully saturated rings. The highest BCUT2D eigenvalue weighted by Gasteiger charge is 2.21. The molecule has 0 N–H and O–H groups in total. The maximum Gasteiger partial charge on any atom is 0.0935 e. The van der Waals surface area contributed by atoms with Gasteiger partial charge in [-0.05, 0) is 30.2 Å². The molecule has 0 saturated heterocycles. The molecule has 0 saturated carbocycles. The van der Waals surface area contributed by atoms with Gasteiger partial charge in [0.2, 0.25) is 0 Å². The van der Waals surface area contributed by atoms with Crippen molar-refractivity contribution in [1.29, 1.82) is 0 Å². The Kier molecular flexibility index (Phi) is 4.10. The molecule has 2 aromatic carbocycles. The van der Waals surface area contributed by atoms with Crippen molar-refractivity contribution < 1.29 is 0 Å². The van der Waals surface area contributed by atoms with Gasteiger partial charge >= 0.3 is 0 Å². The molecular formula is C20H20N2S2. The third-order valence-corrected chi connectivity index (χ3v) is 6.20. The van der Waals surface area contributed by atoms with E-state index in [-0.39, 0.29) is 0 Å². The lowest BCUT2D eigenvalue weighted by Gasteiger charge is -2.29. The molecule has 122 valence electrons. The smallest absolute Gasteiger partial charge is 0.0935 e. The van der Waals surface area contributed by atoms with E-state index in [2.05, 4.69) is 73.6 Å². The predicted octanol–water partition coefficient (Wildman–Crippen LogP) is 6.24. The molecule has 2 nitrogen and oxygen atoms in total. The molecule has 1 aliphatic rings. The van der Waals surface area contributed by atoms with Crippen molar-refractivity contribution in [3.8, 4) is 11.3 Å². The van der Waals surface area contributed by atoms with Crippen LogP contribution < -0.4 is 4.90 Å². The fourth-order valence-electron chi connectivity index (χ4n) is 2.98. The number of hydrogen-bond donors (Lipinski definition) is 0. The molecule has 0 aliphatic carbocycles. The lowest BCUT2D eigenvalue weighted by molar-refractivity contribution is 0.645. The first-order valence-electron chi connectivity index (χ1n) is 8.21. The summed E-state index contributed by atoms with van der Waals surface area (Å²) in [5, 5.41) is 3.41. The first-order valence-corrected chi connectivity index (χ1v) is 9.91. The number of benzene rings is 2. The van der Waals surface area contributed by atoms with Crippen molar-refractivity contribution in [2.24, 2.45) is 5.92 Å². The Hall–Kier alpha value is -1.78. The van der Waals surface area contributed by atoms with Gasteiger partial charge in [-0.15, -0.1) is 11.3 Å². The Morgan fingerprint density at radius 1 is 1.04 bits per heavy atom. The minimum Gasteiger partial charge on any atom is -0.343 e. The fourth-order valence-corrected chi connectivity index (χ4v) is 5.13. The summed E-state index contributed by atoms with van der Waals surface area (Å²) in [6.07, 6.45) is 1.05. The summed E-state index contributed by atoms with van der Waals surface area (Å²) in [5.74, 6) is 0.645. The summed E-state index contributed by atoms with van der Waals surface area (Å²) in [5.41, 5.74) is 4.82. The van der Waals surface area contributed by atoms with Crippen LogP contribution in [0.5, 0.6) is 0 Å². The number of thiazole rings is 1. The number of nitrogens with zero attached hydrogens (tertiary/aromatic N) is 2. The highest BCUT2D eigenvalue weighted by Crippen LogP contribution is 2.48. The van der Waals surface area contributed by atoms with Gasteiger partial charge in [0.1, 0.15) is 0 Å². The van der Waals surface area contributed by atoms with Gasteiger partial charge in [0.25, 0.3) is 0 Å². The second-order valence-corrected chi connectivity index (χ2v) is 8.56. The summed E-state index contributed by atoms with van der Waals surface area (Å²) < 4.78 is 0. The lowest BCUT2D eigenvalue weighted by atomic mass is 10.1. The van der Waals surface area contributed by atoms with Crippen molar-refractivity contribution in [2.45, 2.75) is 30.1 Å².